The second kappa shape index (κ2) is 9.46. The third-order valence-corrected chi connectivity index (χ3v) is 5.49. The summed E-state index contributed by atoms with van der Waals surface area (Å²) in [7, 11) is 1.59. The first kappa shape index (κ1) is 20.0. The zero-order valence-corrected chi connectivity index (χ0v) is 17.3. The molecule has 146 valence electrons. The summed E-state index contributed by atoms with van der Waals surface area (Å²) in [4.78, 5) is 16.9. The molecule has 0 atom stereocenters. The fourth-order valence-corrected chi connectivity index (χ4v) is 3.91. The Hall–Kier alpha value is -2.73. The van der Waals surface area contributed by atoms with Crippen LogP contribution in [0, 0.1) is 0 Å². The molecule has 0 radical (unpaired) electrons. The van der Waals surface area contributed by atoms with Crippen molar-refractivity contribution in [2.24, 2.45) is 0 Å². The number of nitrogens with one attached hydrogen (secondary N) is 1. The van der Waals surface area contributed by atoms with Gasteiger partial charge >= 0.3 is 0 Å². The number of methoxy groups -OCH3 is 1. The van der Waals surface area contributed by atoms with Gasteiger partial charge in [-0.15, -0.1) is 0 Å². The molecule has 0 saturated carbocycles. The van der Waals surface area contributed by atoms with Gasteiger partial charge in [0, 0.05) is 12.4 Å². The van der Waals surface area contributed by atoms with E-state index in [1.165, 1.54) is 28.6 Å². The van der Waals surface area contributed by atoms with Crippen molar-refractivity contribution in [2.45, 2.75) is 31.8 Å². The van der Waals surface area contributed by atoms with Crippen LogP contribution in [0.5, 0.6) is 5.75 Å². The molecule has 28 heavy (non-hydrogen) atoms. The molecule has 1 amide bonds. The number of hydrogen-bond donors (Lipinski definition) is 1. The van der Waals surface area contributed by atoms with Crippen LogP contribution in [0.2, 0.25) is 0 Å². The number of ether oxygens (including phenoxy) is 1. The summed E-state index contributed by atoms with van der Waals surface area (Å²) in [5, 5.41) is 3.72. The Bertz CT molecular complexity index is 930. The van der Waals surface area contributed by atoms with Crippen LogP contribution in [0.25, 0.3) is 5.69 Å². The molecule has 3 aromatic rings. The van der Waals surface area contributed by atoms with Gasteiger partial charge in [0.1, 0.15) is 5.75 Å². The molecule has 6 heteroatoms. The van der Waals surface area contributed by atoms with Crippen LogP contribution < -0.4 is 10.1 Å². The Labute approximate surface area is 170 Å². The van der Waals surface area contributed by atoms with Crippen LogP contribution >= 0.6 is 11.8 Å². The minimum atomic E-state index is -0.0939. The molecule has 1 heterocycles. The normalized spacial score (nSPS) is 10.7. The lowest BCUT2D eigenvalue weighted by Gasteiger charge is -2.16. The Morgan fingerprint density at radius 2 is 1.82 bits per heavy atom. The summed E-state index contributed by atoms with van der Waals surface area (Å²) < 4.78 is 7.38. The number of aromatic nitrogens is 2. The number of para-hydroxylation sites is 3. The van der Waals surface area contributed by atoms with Gasteiger partial charge in [0.2, 0.25) is 5.91 Å². The molecule has 1 aromatic heterocycles. The Morgan fingerprint density at radius 1 is 1.11 bits per heavy atom. The minimum Gasteiger partial charge on any atom is -0.495 e. The molecule has 0 aliphatic heterocycles. The monoisotopic (exact) mass is 395 g/mol. The van der Waals surface area contributed by atoms with Gasteiger partial charge in [-0.2, -0.15) is 0 Å². The number of thioether (sulfide) groups is 1. The number of nitrogens with zero attached hydrogens (tertiary/aromatic N) is 2. The summed E-state index contributed by atoms with van der Waals surface area (Å²) in [6.45, 7) is 4.31. The van der Waals surface area contributed by atoms with Crippen molar-refractivity contribution in [3.05, 3.63) is 66.0 Å². The van der Waals surface area contributed by atoms with Gasteiger partial charge in [0.05, 0.1) is 24.2 Å². The van der Waals surface area contributed by atoms with Crippen LogP contribution in [-0.2, 0) is 17.6 Å². The fraction of sp³-hybridized carbons (Fsp3) is 0.273. The van der Waals surface area contributed by atoms with E-state index in [4.69, 9.17) is 4.74 Å². The summed E-state index contributed by atoms with van der Waals surface area (Å²) in [6.07, 6.45) is 5.64. The van der Waals surface area contributed by atoms with Crippen LogP contribution in [0.3, 0.4) is 0 Å². The SMILES string of the molecule is CCc1cccc(CC)c1-n1ccnc1SCC(=O)Nc1ccccc1OC. The average Bonchev–Trinajstić information content (AvgIpc) is 3.20. The van der Waals surface area contributed by atoms with E-state index in [1.54, 1.807) is 13.3 Å². The van der Waals surface area contributed by atoms with Gasteiger partial charge in [0.15, 0.2) is 5.16 Å². The molecular formula is C22H25N3O2S. The van der Waals surface area contributed by atoms with Crippen LogP contribution in [0.4, 0.5) is 5.69 Å². The van der Waals surface area contributed by atoms with Crippen LogP contribution in [-0.4, -0.2) is 28.3 Å². The number of amides is 1. The first-order valence-electron chi connectivity index (χ1n) is 9.38. The fourth-order valence-electron chi connectivity index (χ4n) is 3.16. The predicted molar refractivity (Wildman–Crippen MR) is 115 cm³/mol. The van der Waals surface area contributed by atoms with Gasteiger partial charge in [0.25, 0.3) is 0 Å². The molecule has 2 aromatic carbocycles. The zero-order chi connectivity index (χ0) is 19.9. The maximum atomic E-state index is 12.4. The third kappa shape index (κ3) is 4.39. The van der Waals surface area contributed by atoms with E-state index in [0.717, 1.165) is 18.0 Å². The summed E-state index contributed by atoms with van der Waals surface area (Å²) in [5.74, 6) is 0.820. The molecule has 0 aliphatic carbocycles. The standard InChI is InChI=1S/C22H25N3O2S/c1-4-16-9-8-10-17(5-2)21(16)25-14-13-23-22(25)28-15-20(26)24-18-11-6-7-12-19(18)27-3/h6-14H,4-5,15H2,1-3H3,(H,24,26). The van der Waals surface area contributed by atoms with E-state index in [2.05, 4.69) is 46.9 Å². The molecule has 0 spiro atoms. The number of carbonyl (C=O) groups excluding carboxylic acids is 1. The third-order valence-electron chi connectivity index (χ3n) is 4.53. The van der Waals surface area contributed by atoms with Crippen molar-refractivity contribution in [1.29, 1.82) is 0 Å². The number of hydrogen-bond acceptors (Lipinski definition) is 4. The van der Waals surface area contributed by atoms with Gasteiger partial charge < -0.3 is 10.1 Å². The zero-order valence-electron chi connectivity index (χ0n) is 16.4. The van der Waals surface area contributed by atoms with E-state index in [0.29, 0.717) is 11.4 Å². The Morgan fingerprint density at radius 3 is 2.50 bits per heavy atom. The minimum absolute atomic E-state index is 0.0939. The number of carbonyl (C=O) groups is 1. The molecule has 5 nitrogen and oxygen atoms in total. The number of rotatable bonds is 8. The summed E-state index contributed by atoms with van der Waals surface area (Å²) >= 11 is 1.43. The van der Waals surface area contributed by atoms with E-state index < -0.39 is 0 Å². The maximum absolute atomic E-state index is 12.4. The molecule has 1 N–H and O–H groups in total. The van der Waals surface area contributed by atoms with Gasteiger partial charge in [-0.1, -0.05) is 55.9 Å². The lowest BCUT2D eigenvalue weighted by atomic mass is 10.0. The molecule has 0 aliphatic rings. The molecule has 0 fully saturated rings. The largest absolute Gasteiger partial charge is 0.495 e. The smallest absolute Gasteiger partial charge is 0.234 e. The van der Waals surface area contributed by atoms with Crippen molar-refractivity contribution in [1.82, 2.24) is 9.55 Å². The van der Waals surface area contributed by atoms with E-state index in [-0.39, 0.29) is 11.7 Å². The average molecular weight is 396 g/mol. The Kier molecular flexibility index (Phi) is 6.76. The first-order valence-corrected chi connectivity index (χ1v) is 10.4. The lowest BCUT2D eigenvalue weighted by molar-refractivity contribution is -0.113. The second-order valence-corrected chi connectivity index (χ2v) is 7.19. The number of aryl methyl sites for hydroxylation is 2. The Balaban J connectivity index is 1.76. The lowest BCUT2D eigenvalue weighted by Crippen LogP contribution is -2.15. The first-order chi connectivity index (χ1) is 13.7. The van der Waals surface area contributed by atoms with Crippen LogP contribution in [0.1, 0.15) is 25.0 Å². The van der Waals surface area contributed by atoms with Gasteiger partial charge in [-0.25, -0.2) is 4.98 Å². The van der Waals surface area contributed by atoms with Gasteiger partial charge in [-0.05, 0) is 36.1 Å². The number of anilines is 1. The van der Waals surface area contributed by atoms with Crippen molar-refractivity contribution in [3.8, 4) is 11.4 Å². The quantitative estimate of drug-likeness (QED) is 0.560. The number of imidazole rings is 1. The summed E-state index contributed by atoms with van der Waals surface area (Å²) in [6, 6.07) is 13.8. The van der Waals surface area contributed by atoms with E-state index in [1.807, 2.05) is 30.5 Å². The van der Waals surface area contributed by atoms with Crippen molar-refractivity contribution in [3.63, 3.8) is 0 Å². The van der Waals surface area contributed by atoms with Crippen molar-refractivity contribution >= 4 is 23.4 Å². The molecule has 3 rings (SSSR count). The van der Waals surface area contributed by atoms with Crippen LogP contribution in [0.15, 0.2) is 60.0 Å². The highest BCUT2D eigenvalue weighted by Gasteiger charge is 2.15. The molecule has 0 saturated heterocycles. The summed E-state index contributed by atoms with van der Waals surface area (Å²) in [5.41, 5.74) is 4.40. The maximum Gasteiger partial charge on any atom is 0.234 e. The van der Waals surface area contributed by atoms with Crippen molar-refractivity contribution < 1.29 is 9.53 Å². The van der Waals surface area contributed by atoms with E-state index in [9.17, 15) is 4.79 Å². The van der Waals surface area contributed by atoms with Gasteiger partial charge in [-0.3, -0.25) is 9.36 Å². The molecule has 0 bridgehead atoms. The van der Waals surface area contributed by atoms with Crippen molar-refractivity contribution in [2.75, 3.05) is 18.2 Å². The predicted octanol–water partition coefficient (Wildman–Crippen LogP) is 4.74. The number of benzene rings is 2. The highest BCUT2D eigenvalue weighted by atomic mass is 32.2. The molecule has 0 unspecified atom stereocenters. The highest BCUT2D eigenvalue weighted by molar-refractivity contribution is 7.99. The molecular weight excluding hydrogens is 370 g/mol. The topological polar surface area (TPSA) is 56.2 Å². The highest BCUT2D eigenvalue weighted by Crippen LogP contribution is 2.28. The van der Waals surface area contributed by atoms with E-state index >= 15 is 0 Å². The second-order valence-electron chi connectivity index (χ2n) is 6.25.